The van der Waals surface area contributed by atoms with Gasteiger partial charge in [0.1, 0.15) is 28.0 Å². The van der Waals surface area contributed by atoms with Gasteiger partial charge in [-0.15, -0.1) is 0 Å². The molecule has 1 N–H and O–H groups in total. The summed E-state index contributed by atoms with van der Waals surface area (Å²) in [5.74, 6) is -1.65. The number of esters is 1. The molecule has 0 spiro atoms. The maximum atomic E-state index is 12.4. The number of rotatable bonds is 7. The molecule has 1 amide bonds. The molecule has 3 aromatic carbocycles. The van der Waals surface area contributed by atoms with Crippen molar-refractivity contribution in [2.75, 3.05) is 5.32 Å². The largest absolute Gasteiger partial charge is 0.423 e. The lowest BCUT2D eigenvalue weighted by Gasteiger charge is -2.06. The summed E-state index contributed by atoms with van der Waals surface area (Å²) in [4.78, 5) is 45.4. The number of amides is 1. The molecule has 0 atom stereocenters. The van der Waals surface area contributed by atoms with Crippen LogP contribution in [0.15, 0.2) is 72.3 Å². The monoisotopic (exact) mass is 492 g/mol. The minimum Gasteiger partial charge on any atom is -0.423 e. The third kappa shape index (κ3) is 6.04. The average Bonchev–Trinajstić information content (AvgIpc) is 2.84. The fourth-order valence-electron chi connectivity index (χ4n) is 2.84. The lowest BCUT2D eigenvalue weighted by atomic mass is 10.1. The Kier molecular flexibility index (Phi) is 7.50. The lowest BCUT2D eigenvalue weighted by molar-refractivity contribution is -0.385. The number of nitro benzene ring substituents is 2. The van der Waals surface area contributed by atoms with Crippen molar-refractivity contribution >= 4 is 46.6 Å². The zero-order valence-corrected chi connectivity index (χ0v) is 18.3. The third-order valence-corrected chi connectivity index (χ3v) is 4.81. The first-order chi connectivity index (χ1) is 16.7. The summed E-state index contributed by atoms with van der Waals surface area (Å²) in [5, 5.41) is 33.7. The molecular formula is C23H13ClN4O7. The summed E-state index contributed by atoms with van der Waals surface area (Å²) in [6.45, 7) is 0. The van der Waals surface area contributed by atoms with E-state index in [1.54, 1.807) is 6.07 Å². The van der Waals surface area contributed by atoms with E-state index < -0.39 is 33.1 Å². The van der Waals surface area contributed by atoms with Crippen molar-refractivity contribution in [3.8, 4) is 11.8 Å². The van der Waals surface area contributed by atoms with E-state index in [9.17, 15) is 35.1 Å². The van der Waals surface area contributed by atoms with Crippen LogP contribution in [0.3, 0.4) is 0 Å². The Morgan fingerprint density at radius 2 is 1.63 bits per heavy atom. The molecule has 3 rings (SSSR count). The van der Waals surface area contributed by atoms with Gasteiger partial charge >= 0.3 is 5.97 Å². The first kappa shape index (κ1) is 24.6. The van der Waals surface area contributed by atoms with Gasteiger partial charge in [0.05, 0.1) is 9.85 Å². The molecule has 0 aliphatic carbocycles. The number of carbonyl (C=O) groups excluding carboxylic acids is 2. The van der Waals surface area contributed by atoms with Crippen molar-refractivity contribution in [1.82, 2.24) is 0 Å². The van der Waals surface area contributed by atoms with E-state index in [0.29, 0.717) is 5.56 Å². The van der Waals surface area contributed by atoms with Crippen molar-refractivity contribution in [3.05, 3.63) is 109 Å². The van der Waals surface area contributed by atoms with Crippen LogP contribution in [0.25, 0.3) is 6.08 Å². The second kappa shape index (κ2) is 10.7. The second-order valence-electron chi connectivity index (χ2n) is 6.78. The number of nitriles is 1. The van der Waals surface area contributed by atoms with Gasteiger partial charge in [0.15, 0.2) is 0 Å². The molecule has 12 heteroatoms. The molecule has 0 bridgehead atoms. The molecule has 0 saturated heterocycles. The minimum absolute atomic E-state index is 0.0736. The highest BCUT2D eigenvalue weighted by Gasteiger charge is 2.21. The lowest BCUT2D eigenvalue weighted by Crippen LogP contribution is -2.13. The quantitative estimate of drug-likeness (QED) is 0.121. The molecule has 3 aromatic rings. The first-order valence-corrected chi connectivity index (χ1v) is 10.00. The van der Waals surface area contributed by atoms with Crippen LogP contribution in [0, 0.1) is 31.6 Å². The van der Waals surface area contributed by atoms with Crippen molar-refractivity contribution in [2.24, 2.45) is 0 Å². The van der Waals surface area contributed by atoms with E-state index in [1.165, 1.54) is 66.7 Å². The zero-order valence-electron chi connectivity index (χ0n) is 17.5. The molecule has 0 saturated carbocycles. The van der Waals surface area contributed by atoms with E-state index in [4.69, 9.17) is 16.3 Å². The fraction of sp³-hybridized carbons (Fsp3) is 0. The van der Waals surface area contributed by atoms with Crippen LogP contribution < -0.4 is 10.1 Å². The van der Waals surface area contributed by atoms with Gasteiger partial charge in [-0.05, 0) is 42.0 Å². The molecule has 0 unspecified atom stereocenters. The number of ether oxygens (including phenoxy) is 1. The van der Waals surface area contributed by atoms with Gasteiger partial charge in [-0.3, -0.25) is 25.0 Å². The summed E-state index contributed by atoms with van der Waals surface area (Å²) >= 11 is 5.75. The van der Waals surface area contributed by atoms with E-state index in [1.807, 2.05) is 0 Å². The number of nitrogens with one attached hydrogen (secondary N) is 1. The van der Waals surface area contributed by atoms with E-state index >= 15 is 0 Å². The number of hydrogen-bond donors (Lipinski definition) is 1. The summed E-state index contributed by atoms with van der Waals surface area (Å²) in [6, 6.07) is 16.4. The minimum atomic E-state index is -0.922. The second-order valence-corrected chi connectivity index (χ2v) is 7.19. The number of nitrogens with zero attached hydrogens (tertiary/aromatic N) is 3. The Hall–Kier alpha value is -5.08. The number of para-hydroxylation sites is 1. The first-order valence-electron chi connectivity index (χ1n) is 9.62. The summed E-state index contributed by atoms with van der Waals surface area (Å²) < 4.78 is 5.17. The highest BCUT2D eigenvalue weighted by atomic mass is 35.5. The third-order valence-electron chi connectivity index (χ3n) is 4.49. The van der Waals surface area contributed by atoms with E-state index in [0.717, 1.165) is 6.07 Å². The molecule has 174 valence electrons. The molecule has 0 radical (unpaired) electrons. The predicted molar refractivity (Wildman–Crippen MR) is 125 cm³/mol. The number of hydrogen-bond acceptors (Lipinski definition) is 8. The van der Waals surface area contributed by atoms with Gasteiger partial charge in [0, 0.05) is 17.8 Å². The molecule has 35 heavy (non-hydrogen) atoms. The number of anilines is 1. The van der Waals surface area contributed by atoms with E-state index in [2.05, 4.69) is 5.32 Å². The number of halogens is 1. The Bertz CT molecular complexity index is 1410. The van der Waals surface area contributed by atoms with Gasteiger partial charge in [0.2, 0.25) is 0 Å². The van der Waals surface area contributed by atoms with Crippen molar-refractivity contribution in [3.63, 3.8) is 0 Å². The van der Waals surface area contributed by atoms with Crippen molar-refractivity contribution in [1.29, 1.82) is 5.26 Å². The maximum Gasteiger partial charge on any atom is 0.350 e. The highest BCUT2D eigenvalue weighted by Crippen LogP contribution is 2.28. The molecule has 0 heterocycles. The van der Waals surface area contributed by atoms with Crippen molar-refractivity contribution in [2.45, 2.75) is 0 Å². The molecule has 11 nitrogen and oxygen atoms in total. The van der Waals surface area contributed by atoms with Crippen LogP contribution in [0.4, 0.5) is 17.1 Å². The Balaban J connectivity index is 1.74. The van der Waals surface area contributed by atoms with Crippen LogP contribution in [0.1, 0.15) is 15.9 Å². The van der Waals surface area contributed by atoms with Crippen LogP contribution >= 0.6 is 11.6 Å². The van der Waals surface area contributed by atoms with Gasteiger partial charge in [-0.2, -0.15) is 5.26 Å². The fourth-order valence-corrected chi connectivity index (χ4v) is 3.03. The smallest absolute Gasteiger partial charge is 0.350 e. The summed E-state index contributed by atoms with van der Waals surface area (Å²) in [6.07, 6.45) is 1.26. The number of benzene rings is 3. The van der Waals surface area contributed by atoms with Gasteiger partial charge in [-0.25, -0.2) is 4.79 Å². The van der Waals surface area contributed by atoms with Crippen LogP contribution in [0.2, 0.25) is 5.02 Å². The van der Waals surface area contributed by atoms with Crippen LogP contribution in [0.5, 0.6) is 5.75 Å². The molecule has 0 aliphatic rings. The normalized spacial score (nSPS) is 10.7. The molecular weight excluding hydrogens is 480 g/mol. The molecule has 0 aliphatic heterocycles. The standard InChI is InChI=1S/C23H13ClN4O7/c24-19-10-7-16(12-21(19)28(33)34)26-22(29)15(13-25)11-14-5-8-17(9-6-14)35-23(30)18-3-1-2-4-20(18)27(31)32/h1-12H,(H,26,29)/b15-11+. The van der Waals surface area contributed by atoms with Crippen molar-refractivity contribution < 1.29 is 24.2 Å². The molecule has 0 aromatic heterocycles. The Morgan fingerprint density at radius 1 is 0.971 bits per heavy atom. The Morgan fingerprint density at radius 3 is 2.26 bits per heavy atom. The van der Waals surface area contributed by atoms with Gasteiger partial charge in [0.25, 0.3) is 17.3 Å². The zero-order chi connectivity index (χ0) is 25.5. The number of carbonyl (C=O) groups is 2. The molecule has 0 fully saturated rings. The highest BCUT2D eigenvalue weighted by molar-refractivity contribution is 6.32. The average molecular weight is 493 g/mol. The Labute approximate surface area is 202 Å². The van der Waals surface area contributed by atoms with Crippen LogP contribution in [-0.2, 0) is 4.79 Å². The summed E-state index contributed by atoms with van der Waals surface area (Å²) in [5.41, 5.74) is -0.834. The van der Waals surface area contributed by atoms with Gasteiger partial charge in [-0.1, -0.05) is 35.9 Å². The summed E-state index contributed by atoms with van der Waals surface area (Å²) in [7, 11) is 0. The van der Waals surface area contributed by atoms with E-state index in [-0.39, 0.29) is 27.6 Å². The SMILES string of the molecule is N#C/C(=C\c1ccc(OC(=O)c2ccccc2[N+](=O)[O-])cc1)C(=O)Nc1ccc(Cl)c([N+](=O)[O-])c1. The topological polar surface area (TPSA) is 165 Å². The predicted octanol–water partition coefficient (Wildman–Crippen LogP) is 4.92. The van der Waals surface area contributed by atoms with Crippen LogP contribution in [-0.4, -0.2) is 21.7 Å². The van der Waals surface area contributed by atoms with Gasteiger partial charge < -0.3 is 10.1 Å². The maximum absolute atomic E-state index is 12.4. The number of nitro groups is 2.